The summed E-state index contributed by atoms with van der Waals surface area (Å²) in [4.78, 5) is 12.4. The fourth-order valence-corrected chi connectivity index (χ4v) is 2.65. The first kappa shape index (κ1) is 19.8. The van der Waals surface area contributed by atoms with E-state index in [1.54, 1.807) is 6.92 Å². The first-order valence-corrected chi connectivity index (χ1v) is 7.45. The first-order chi connectivity index (χ1) is 10.2. The molecule has 2 N–H and O–H groups in total. The SMILES string of the molecule is CC(NC(=O)C1(C)CCCCN1)c1ccc(C(F)(F)F)cc1.Cl. The molecule has 1 aliphatic heterocycles. The maximum Gasteiger partial charge on any atom is 0.416 e. The summed E-state index contributed by atoms with van der Waals surface area (Å²) in [7, 11) is 0. The molecule has 0 aliphatic carbocycles. The lowest BCUT2D eigenvalue weighted by Gasteiger charge is -2.34. The fourth-order valence-electron chi connectivity index (χ4n) is 2.65. The van der Waals surface area contributed by atoms with E-state index < -0.39 is 17.3 Å². The fraction of sp³-hybridized carbons (Fsp3) is 0.562. The third-order valence-corrected chi connectivity index (χ3v) is 4.21. The van der Waals surface area contributed by atoms with Gasteiger partial charge in [0.05, 0.1) is 17.1 Å². The Labute approximate surface area is 140 Å². The molecule has 7 heteroatoms. The predicted molar refractivity (Wildman–Crippen MR) is 85.5 cm³/mol. The Hall–Kier alpha value is -1.27. The molecule has 1 heterocycles. The summed E-state index contributed by atoms with van der Waals surface area (Å²) in [6.45, 7) is 4.44. The van der Waals surface area contributed by atoms with Gasteiger partial charge in [-0.15, -0.1) is 12.4 Å². The number of carbonyl (C=O) groups is 1. The van der Waals surface area contributed by atoms with Gasteiger partial charge in [-0.3, -0.25) is 4.79 Å². The highest BCUT2D eigenvalue weighted by Crippen LogP contribution is 2.30. The van der Waals surface area contributed by atoms with Crippen LogP contribution < -0.4 is 10.6 Å². The lowest BCUT2D eigenvalue weighted by Crippen LogP contribution is -2.57. The van der Waals surface area contributed by atoms with Crippen LogP contribution >= 0.6 is 12.4 Å². The second-order valence-electron chi connectivity index (χ2n) is 6.03. The largest absolute Gasteiger partial charge is 0.416 e. The first-order valence-electron chi connectivity index (χ1n) is 7.45. The normalized spacial score (nSPS) is 22.8. The third kappa shape index (κ3) is 4.85. The van der Waals surface area contributed by atoms with Crippen LogP contribution in [0.25, 0.3) is 0 Å². The highest BCUT2D eigenvalue weighted by atomic mass is 35.5. The number of amides is 1. The average Bonchev–Trinajstić information content (AvgIpc) is 2.47. The van der Waals surface area contributed by atoms with Gasteiger partial charge >= 0.3 is 6.18 Å². The van der Waals surface area contributed by atoms with E-state index >= 15 is 0 Å². The van der Waals surface area contributed by atoms with Crippen molar-refractivity contribution in [3.05, 3.63) is 35.4 Å². The van der Waals surface area contributed by atoms with Crippen molar-refractivity contribution in [1.29, 1.82) is 0 Å². The van der Waals surface area contributed by atoms with Crippen molar-refractivity contribution in [2.24, 2.45) is 0 Å². The maximum absolute atomic E-state index is 12.5. The van der Waals surface area contributed by atoms with Gasteiger partial charge in [0.2, 0.25) is 5.91 Å². The van der Waals surface area contributed by atoms with Crippen LogP contribution in [-0.4, -0.2) is 18.0 Å². The Morgan fingerprint density at radius 2 is 1.87 bits per heavy atom. The Kier molecular flexibility index (Phi) is 6.48. The second-order valence-corrected chi connectivity index (χ2v) is 6.03. The number of piperidine rings is 1. The van der Waals surface area contributed by atoms with Crippen molar-refractivity contribution in [3.8, 4) is 0 Å². The van der Waals surface area contributed by atoms with E-state index in [1.165, 1.54) is 12.1 Å². The number of hydrogen-bond donors (Lipinski definition) is 2. The van der Waals surface area contributed by atoms with Gasteiger partial charge in [0.15, 0.2) is 0 Å². The van der Waals surface area contributed by atoms with Crippen LogP contribution in [-0.2, 0) is 11.0 Å². The highest BCUT2D eigenvalue weighted by Gasteiger charge is 2.35. The molecule has 1 aromatic rings. The van der Waals surface area contributed by atoms with E-state index in [9.17, 15) is 18.0 Å². The van der Waals surface area contributed by atoms with Crippen molar-refractivity contribution in [2.45, 2.75) is 50.9 Å². The van der Waals surface area contributed by atoms with Crippen LogP contribution in [0.3, 0.4) is 0 Å². The monoisotopic (exact) mass is 350 g/mol. The van der Waals surface area contributed by atoms with Crippen LogP contribution in [0.2, 0.25) is 0 Å². The summed E-state index contributed by atoms with van der Waals surface area (Å²) >= 11 is 0. The van der Waals surface area contributed by atoms with Crippen LogP contribution in [0.4, 0.5) is 13.2 Å². The molecule has 2 atom stereocenters. The number of rotatable bonds is 3. The molecule has 1 amide bonds. The highest BCUT2D eigenvalue weighted by molar-refractivity contribution is 5.86. The number of benzene rings is 1. The standard InChI is InChI=1S/C16H21F3N2O.ClH/c1-11(12-5-7-13(8-6-12)16(17,18)19)21-14(22)15(2)9-3-4-10-20-15;/h5-8,11,20H,3-4,9-10H2,1-2H3,(H,21,22);1H. The molecule has 130 valence electrons. The van der Waals surface area contributed by atoms with Gasteiger partial charge in [-0.2, -0.15) is 13.2 Å². The van der Waals surface area contributed by atoms with E-state index in [0.29, 0.717) is 5.56 Å². The smallest absolute Gasteiger partial charge is 0.348 e. The number of carbonyl (C=O) groups excluding carboxylic acids is 1. The van der Waals surface area contributed by atoms with Gasteiger partial charge in [0.1, 0.15) is 0 Å². The zero-order valence-corrected chi connectivity index (χ0v) is 14.0. The number of alkyl halides is 3. The summed E-state index contributed by atoms with van der Waals surface area (Å²) in [6, 6.07) is 4.56. The molecule has 23 heavy (non-hydrogen) atoms. The Balaban J connectivity index is 0.00000264. The molecule has 1 aromatic carbocycles. The summed E-state index contributed by atoms with van der Waals surface area (Å²) in [5, 5.41) is 6.10. The van der Waals surface area contributed by atoms with Crippen molar-refractivity contribution >= 4 is 18.3 Å². The zero-order valence-electron chi connectivity index (χ0n) is 13.2. The van der Waals surface area contributed by atoms with Crippen molar-refractivity contribution in [1.82, 2.24) is 10.6 Å². The van der Waals surface area contributed by atoms with Crippen molar-refractivity contribution < 1.29 is 18.0 Å². The molecular weight excluding hydrogens is 329 g/mol. The lowest BCUT2D eigenvalue weighted by atomic mass is 9.89. The van der Waals surface area contributed by atoms with Crippen LogP contribution in [0.5, 0.6) is 0 Å². The van der Waals surface area contributed by atoms with Crippen LogP contribution in [0.1, 0.15) is 50.3 Å². The summed E-state index contributed by atoms with van der Waals surface area (Å²) in [5.74, 6) is -0.111. The van der Waals surface area contributed by atoms with Crippen LogP contribution in [0, 0.1) is 0 Å². The van der Waals surface area contributed by atoms with Crippen molar-refractivity contribution in [3.63, 3.8) is 0 Å². The van der Waals surface area contributed by atoms with Crippen molar-refractivity contribution in [2.75, 3.05) is 6.54 Å². The summed E-state index contributed by atoms with van der Waals surface area (Å²) < 4.78 is 37.6. The van der Waals surface area contributed by atoms with Gasteiger partial charge in [-0.25, -0.2) is 0 Å². The average molecular weight is 351 g/mol. The Morgan fingerprint density at radius 1 is 1.26 bits per heavy atom. The molecule has 0 radical (unpaired) electrons. The van der Waals surface area contributed by atoms with E-state index in [2.05, 4.69) is 10.6 Å². The van der Waals surface area contributed by atoms with E-state index in [1.807, 2.05) is 6.92 Å². The number of hydrogen-bond acceptors (Lipinski definition) is 2. The van der Waals surface area contributed by atoms with Gasteiger partial charge in [-0.1, -0.05) is 12.1 Å². The molecule has 0 saturated carbocycles. The predicted octanol–water partition coefficient (Wildman–Crippen LogP) is 3.84. The molecule has 3 nitrogen and oxygen atoms in total. The topological polar surface area (TPSA) is 41.1 Å². The van der Waals surface area contributed by atoms with Gasteiger partial charge in [-0.05, 0) is 57.4 Å². The molecule has 0 bridgehead atoms. The summed E-state index contributed by atoms with van der Waals surface area (Å²) in [5.41, 5.74) is -0.630. The maximum atomic E-state index is 12.5. The van der Waals surface area contributed by atoms with Gasteiger partial charge < -0.3 is 10.6 Å². The lowest BCUT2D eigenvalue weighted by molar-refractivity contribution is -0.137. The minimum atomic E-state index is -4.34. The molecule has 1 saturated heterocycles. The molecular formula is C16H22ClF3N2O. The Bertz CT molecular complexity index is 525. The number of halogens is 4. The third-order valence-electron chi connectivity index (χ3n) is 4.21. The molecule has 1 fully saturated rings. The quantitative estimate of drug-likeness (QED) is 0.869. The van der Waals surface area contributed by atoms with Gasteiger partial charge in [0.25, 0.3) is 0 Å². The summed E-state index contributed by atoms with van der Waals surface area (Å²) in [6.07, 6.45) is -1.54. The number of nitrogens with one attached hydrogen (secondary N) is 2. The second kappa shape index (κ2) is 7.53. The van der Waals surface area contributed by atoms with E-state index in [0.717, 1.165) is 37.9 Å². The zero-order chi connectivity index (χ0) is 16.4. The molecule has 2 rings (SSSR count). The van der Waals surface area contributed by atoms with E-state index in [-0.39, 0.29) is 24.4 Å². The molecule has 0 aromatic heterocycles. The van der Waals surface area contributed by atoms with Gasteiger partial charge in [0, 0.05) is 0 Å². The molecule has 1 aliphatic rings. The Morgan fingerprint density at radius 3 is 2.35 bits per heavy atom. The minimum Gasteiger partial charge on any atom is -0.348 e. The minimum absolute atomic E-state index is 0. The van der Waals surface area contributed by atoms with Crippen LogP contribution in [0.15, 0.2) is 24.3 Å². The van der Waals surface area contributed by atoms with E-state index in [4.69, 9.17) is 0 Å². The molecule has 0 spiro atoms. The molecule has 2 unspecified atom stereocenters.